The summed E-state index contributed by atoms with van der Waals surface area (Å²) < 4.78 is 27.1. The number of benzene rings is 1. The number of hydrogen-bond donors (Lipinski definition) is 0. The van der Waals surface area contributed by atoms with Crippen molar-refractivity contribution >= 4 is 21.6 Å². The van der Waals surface area contributed by atoms with Crippen LogP contribution in [0.3, 0.4) is 0 Å². The van der Waals surface area contributed by atoms with Gasteiger partial charge in [-0.25, -0.2) is 8.42 Å². The van der Waals surface area contributed by atoms with Crippen LogP contribution in [0.15, 0.2) is 23.1 Å². The minimum atomic E-state index is -3.85. The van der Waals surface area contributed by atoms with Gasteiger partial charge in [-0.2, -0.15) is 4.31 Å². The number of aryl methyl sites for hydroxylation is 1. The molecule has 1 fully saturated rings. The van der Waals surface area contributed by atoms with Crippen LogP contribution in [0.25, 0.3) is 0 Å². The van der Waals surface area contributed by atoms with E-state index >= 15 is 0 Å². The minimum absolute atomic E-state index is 0.0172. The maximum atomic E-state index is 12.9. The third kappa shape index (κ3) is 3.88. The molecule has 1 aliphatic rings. The zero-order chi connectivity index (χ0) is 19.7. The molecule has 0 N–H and O–H groups in total. The van der Waals surface area contributed by atoms with Gasteiger partial charge in [0.1, 0.15) is 0 Å². The normalized spacial score (nSPS) is 16.5. The molecule has 0 unspecified atom stereocenters. The van der Waals surface area contributed by atoms with E-state index in [4.69, 9.17) is 0 Å². The fraction of sp³-hybridized carbons (Fsp3) is 0.588. The van der Waals surface area contributed by atoms with Crippen molar-refractivity contribution in [1.82, 2.24) is 9.21 Å². The maximum absolute atomic E-state index is 12.9. The summed E-state index contributed by atoms with van der Waals surface area (Å²) in [6, 6.07) is 3.83. The van der Waals surface area contributed by atoms with Crippen LogP contribution in [0.4, 0.5) is 5.69 Å². The molecule has 8 nitrogen and oxygen atoms in total. The smallest absolute Gasteiger partial charge is 0.270 e. The van der Waals surface area contributed by atoms with Crippen LogP contribution in [0, 0.1) is 22.5 Å². The van der Waals surface area contributed by atoms with Crippen LogP contribution in [-0.2, 0) is 14.8 Å². The highest BCUT2D eigenvalue weighted by Crippen LogP contribution is 2.27. The summed E-state index contributed by atoms with van der Waals surface area (Å²) >= 11 is 0. The topological polar surface area (TPSA) is 101 Å². The summed E-state index contributed by atoms with van der Waals surface area (Å²) in [5, 5.41) is 11.0. The Labute approximate surface area is 154 Å². The predicted molar refractivity (Wildman–Crippen MR) is 97.2 cm³/mol. The van der Waals surface area contributed by atoms with E-state index in [-0.39, 0.29) is 29.6 Å². The highest BCUT2D eigenvalue weighted by molar-refractivity contribution is 7.89. The number of rotatable bonds is 5. The van der Waals surface area contributed by atoms with Gasteiger partial charge in [0.05, 0.1) is 9.82 Å². The lowest BCUT2D eigenvalue weighted by molar-refractivity contribution is -0.385. The van der Waals surface area contributed by atoms with Crippen molar-refractivity contribution < 1.29 is 18.1 Å². The molecule has 26 heavy (non-hydrogen) atoms. The van der Waals surface area contributed by atoms with Crippen LogP contribution < -0.4 is 0 Å². The molecule has 1 aromatic rings. The van der Waals surface area contributed by atoms with Crippen LogP contribution in [-0.4, -0.2) is 54.6 Å². The van der Waals surface area contributed by atoms with Crippen molar-refractivity contribution in [2.45, 2.75) is 39.0 Å². The van der Waals surface area contributed by atoms with Gasteiger partial charge in [0.25, 0.3) is 5.69 Å². The number of piperazine rings is 1. The largest absolute Gasteiger partial charge is 0.340 e. The molecule has 1 aliphatic heterocycles. The molecule has 0 atom stereocenters. The number of hydrogen-bond acceptors (Lipinski definition) is 5. The fourth-order valence-electron chi connectivity index (χ4n) is 2.83. The first-order valence-electron chi connectivity index (χ1n) is 8.55. The van der Waals surface area contributed by atoms with E-state index in [1.165, 1.54) is 16.4 Å². The number of nitrogens with zero attached hydrogens (tertiary/aromatic N) is 3. The Morgan fingerprint density at radius 1 is 1.23 bits per heavy atom. The molecular formula is C17H25N3O5S. The quantitative estimate of drug-likeness (QED) is 0.573. The zero-order valence-corrected chi connectivity index (χ0v) is 16.4. The lowest BCUT2D eigenvalue weighted by Gasteiger charge is -2.37. The second-order valence-electron chi connectivity index (χ2n) is 7.14. The van der Waals surface area contributed by atoms with Crippen LogP contribution in [0.2, 0.25) is 0 Å². The SMILES string of the molecule is CCC(C)(C)C(=O)N1CCN(S(=O)(=O)c2cc([N+](=O)[O-])ccc2C)CC1. The van der Waals surface area contributed by atoms with Crippen molar-refractivity contribution in [3.8, 4) is 0 Å². The van der Waals surface area contributed by atoms with Crippen molar-refractivity contribution in [1.29, 1.82) is 0 Å². The van der Waals surface area contributed by atoms with E-state index in [0.717, 1.165) is 6.07 Å². The monoisotopic (exact) mass is 383 g/mol. The average molecular weight is 383 g/mol. The Hall–Kier alpha value is -2.00. The Bertz CT molecular complexity index is 812. The molecule has 1 heterocycles. The minimum Gasteiger partial charge on any atom is -0.340 e. The van der Waals surface area contributed by atoms with Gasteiger partial charge in [0.2, 0.25) is 15.9 Å². The second-order valence-corrected chi connectivity index (χ2v) is 9.05. The van der Waals surface area contributed by atoms with Gasteiger partial charge in [-0.15, -0.1) is 0 Å². The molecule has 1 aromatic carbocycles. The van der Waals surface area contributed by atoms with Gasteiger partial charge in [0.15, 0.2) is 0 Å². The molecule has 144 valence electrons. The highest BCUT2D eigenvalue weighted by Gasteiger charge is 2.36. The van der Waals surface area contributed by atoms with E-state index in [1.807, 2.05) is 20.8 Å². The van der Waals surface area contributed by atoms with Crippen LogP contribution in [0.5, 0.6) is 0 Å². The molecule has 1 saturated heterocycles. The summed E-state index contributed by atoms with van der Waals surface area (Å²) in [6.07, 6.45) is 0.706. The molecule has 1 amide bonds. The van der Waals surface area contributed by atoms with Crippen molar-refractivity contribution in [2.24, 2.45) is 5.41 Å². The molecule has 0 aromatic heterocycles. The number of carbonyl (C=O) groups is 1. The van der Waals surface area contributed by atoms with Crippen molar-refractivity contribution in [2.75, 3.05) is 26.2 Å². The fourth-order valence-corrected chi connectivity index (χ4v) is 4.50. The standard InChI is InChI=1S/C17H25N3O5S/c1-5-17(3,4)16(21)18-8-10-19(11-9-18)26(24,25)15-12-14(20(22)23)7-6-13(15)2/h6-7,12H,5,8-11H2,1-4H3. The molecule has 0 spiro atoms. The Morgan fingerprint density at radius 3 is 2.31 bits per heavy atom. The van der Waals surface area contributed by atoms with Crippen LogP contribution in [0.1, 0.15) is 32.8 Å². The maximum Gasteiger partial charge on any atom is 0.270 e. The first kappa shape index (κ1) is 20.3. The summed E-state index contributed by atoms with van der Waals surface area (Å²) in [7, 11) is -3.85. The van der Waals surface area contributed by atoms with Gasteiger partial charge < -0.3 is 4.90 Å². The third-order valence-electron chi connectivity index (χ3n) is 4.99. The number of sulfonamides is 1. The zero-order valence-electron chi connectivity index (χ0n) is 15.6. The summed E-state index contributed by atoms with van der Waals surface area (Å²) in [6.45, 7) is 8.30. The van der Waals surface area contributed by atoms with E-state index < -0.39 is 20.4 Å². The Kier molecular flexibility index (Phi) is 5.72. The van der Waals surface area contributed by atoms with Gasteiger partial charge in [-0.05, 0) is 18.9 Å². The predicted octanol–water partition coefficient (Wildman–Crippen LogP) is 2.17. The first-order chi connectivity index (χ1) is 12.0. The van der Waals surface area contributed by atoms with E-state index in [2.05, 4.69) is 0 Å². The van der Waals surface area contributed by atoms with Crippen molar-refractivity contribution in [3.63, 3.8) is 0 Å². The number of amides is 1. The Morgan fingerprint density at radius 2 is 1.81 bits per heavy atom. The average Bonchev–Trinajstić information content (AvgIpc) is 2.61. The second kappa shape index (κ2) is 7.32. The van der Waals surface area contributed by atoms with Crippen molar-refractivity contribution in [3.05, 3.63) is 33.9 Å². The molecule has 0 radical (unpaired) electrons. The lowest BCUT2D eigenvalue weighted by Crippen LogP contribution is -2.53. The third-order valence-corrected chi connectivity index (χ3v) is 7.03. The van der Waals surface area contributed by atoms with E-state index in [1.54, 1.807) is 11.8 Å². The number of non-ortho nitro benzene ring substituents is 1. The van der Waals surface area contributed by atoms with Gasteiger partial charge in [0, 0.05) is 43.7 Å². The molecule has 0 aliphatic carbocycles. The number of nitro benzene ring substituents is 1. The van der Waals surface area contributed by atoms with Gasteiger partial charge in [-0.1, -0.05) is 26.8 Å². The Balaban J connectivity index is 2.20. The van der Waals surface area contributed by atoms with Crippen LogP contribution >= 0.6 is 0 Å². The molecule has 0 saturated carbocycles. The molecular weight excluding hydrogens is 358 g/mol. The lowest BCUT2D eigenvalue weighted by atomic mass is 9.88. The molecule has 9 heteroatoms. The van der Waals surface area contributed by atoms with Gasteiger partial charge >= 0.3 is 0 Å². The van der Waals surface area contributed by atoms with E-state index in [9.17, 15) is 23.3 Å². The summed E-state index contributed by atoms with van der Waals surface area (Å²) in [5.41, 5.74) is -0.272. The summed E-state index contributed by atoms with van der Waals surface area (Å²) in [5.74, 6) is 0.0172. The number of nitro groups is 1. The highest BCUT2D eigenvalue weighted by atomic mass is 32.2. The van der Waals surface area contributed by atoms with Gasteiger partial charge in [-0.3, -0.25) is 14.9 Å². The number of carbonyl (C=O) groups excluding carboxylic acids is 1. The first-order valence-corrected chi connectivity index (χ1v) is 9.99. The summed E-state index contributed by atoms with van der Waals surface area (Å²) in [4.78, 5) is 24.5. The van der Waals surface area contributed by atoms with E-state index in [0.29, 0.717) is 25.1 Å². The molecule has 2 rings (SSSR count). The molecule has 0 bridgehead atoms.